The molecule has 6 heteroatoms. The van der Waals surface area contributed by atoms with Crippen LogP contribution >= 0.6 is 11.3 Å². The van der Waals surface area contributed by atoms with Crippen LogP contribution in [0.5, 0.6) is 5.88 Å². The molecule has 0 saturated carbocycles. The summed E-state index contributed by atoms with van der Waals surface area (Å²) in [6, 6.07) is 11.9. The molecule has 0 unspecified atom stereocenters. The number of aromatic nitrogens is 1. The zero-order valence-corrected chi connectivity index (χ0v) is 15.5. The van der Waals surface area contributed by atoms with E-state index in [4.69, 9.17) is 0 Å². The number of rotatable bonds is 4. The van der Waals surface area contributed by atoms with Gasteiger partial charge in [0.1, 0.15) is 5.82 Å². The first-order valence-electron chi connectivity index (χ1n) is 8.62. The number of aliphatic imine (C=N–C) groups is 1. The molecule has 0 fully saturated rings. The lowest BCUT2D eigenvalue weighted by atomic mass is 10.0. The third kappa shape index (κ3) is 3.24. The molecular formula is C21H17FN2O2S. The number of aromatic hydroxyl groups is 1. The second-order valence-electron chi connectivity index (χ2n) is 6.29. The van der Waals surface area contributed by atoms with Gasteiger partial charge in [0, 0.05) is 17.4 Å². The fraction of sp³-hybridized carbons (Fsp3) is 0.143. The number of nitrogens with zero attached hydrogens (tertiary/aromatic N) is 2. The summed E-state index contributed by atoms with van der Waals surface area (Å²) in [7, 11) is 0. The highest BCUT2D eigenvalue weighted by Crippen LogP contribution is 2.37. The Morgan fingerprint density at radius 1 is 1.22 bits per heavy atom. The zero-order chi connectivity index (χ0) is 19.0. The lowest BCUT2D eigenvalue weighted by molar-refractivity contribution is 0.420. The first-order chi connectivity index (χ1) is 13.1. The van der Waals surface area contributed by atoms with Crippen molar-refractivity contribution < 1.29 is 9.50 Å². The molecule has 4 nitrogen and oxygen atoms in total. The summed E-state index contributed by atoms with van der Waals surface area (Å²) in [4.78, 5) is 17.0. The monoisotopic (exact) mass is 380 g/mol. The Kier molecular flexibility index (Phi) is 4.49. The van der Waals surface area contributed by atoms with Crippen LogP contribution in [-0.2, 0) is 13.0 Å². The summed E-state index contributed by atoms with van der Waals surface area (Å²) in [5.74, 6) is -0.424. The number of aryl methyl sites for hydroxylation is 1. The van der Waals surface area contributed by atoms with Gasteiger partial charge in [-0.05, 0) is 35.8 Å². The highest BCUT2D eigenvalue weighted by molar-refractivity contribution is 7.10. The lowest BCUT2D eigenvalue weighted by Crippen LogP contribution is -2.13. The largest absolute Gasteiger partial charge is 0.493 e. The van der Waals surface area contributed by atoms with E-state index in [0.29, 0.717) is 4.88 Å². The van der Waals surface area contributed by atoms with Gasteiger partial charge in [0.15, 0.2) is 0 Å². The van der Waals surface area contributed by atoms with Crippen LogP contribution in [-0.4, -0.2) is 15.9 Å². The van der Waals surface area contributed by atoms with Gasteiger partial charge in [-0.2, -0.15) is 0 Å². The molecule has 0 saturated heterocycles. The third-order valence-electron chi connectivity index (χ3n) is 4.58. The van der Waals surface area contributed by atoms with Gasteiger partial charge in [0.25, 0.3) is 0 Å². The summed E-state index contributed by atoms with van der Waals surface area (Å²) in [6.07, 6.45) is 4.44. The van der Waals surface area contributed by atoms with Gasteiger partial charge in [-0.15, -0.1) is 0 Å². The van der Waals surface area contributed by atoms with Crippen LogP contribution in [0, 0.1) is 5.82 Å². The van der Waals surface area contributed by atoms with Crippen LogP contribution < -0.4 is 4.87 Å². The highest BCUT2D eigenvalue weighted by atomic mass is 32.1. The van der Waals surface area contributed by atoms with Gasteiger partial charge < -0.3 is 5.11 Å². The molecule has 27 heavy (non-hydrogen) atoms. The Labute approximate surface area is 159 Å². The van der Waals surface area contributed by atoms with Crippen molar-refractivity contribution in [3.05, 3.63) is 79.5 Å². The van der Waals surface area contributed by atoms with E-state index < -0.39 is 0 Å². The molecule has 136 valence electrons. The first kappa shape index (κ1) is 17.4. The van der Waals surface area contributed by atoms with E-state index in [2.05, 4.69) is 11.9 Å². The van der Waals surface area contributed by atoms with Crippen LogP contribution in [0.3, 0.4) is 0 Å². The summed E-state index contributed by atoms with van der Waals surface area (Å²) >= 11 is 0.980. The van der Waals surface area contributed by atoms with Crippen molar-refractivity contribution >= 4 is 34.9 Å². The predicted molar refractivity (Wildman–Crippen MR) is 108 cm³/mol. The molecule has 4 rings (SSSR count). The van der Waals surface area contributed by atoms with Crippen molar-refractivity contribution in [2.45, 2.75) is 19.9 Å². The van der Waals surface area contributed by atoms with E-state index in [0.717, 1.165) is 40.1 Å². The Balaban J connectivity index is 1.69. The molecule has 2 heterocycles. The van der Waals surface area contributed by atoms with Gasteiger partial charge in [0.2, 0.25) is 5.88 Å². The molecule has 2 aromatic carbocycles. The van der Waals surface area contributed by atoms with E-state index in [-0.39, 0.29) is 23.1 Å². The Morgan fingerprint density at radius 3 is 2.74 bits per heavy atom. The molecule has 1 aliphatic heterocycles. The Bertz CT molecular complexity index is 1120. The normalized spacial score (nSPS) is 14.1. The predicted octanol–water partition coefficient (Wildman–Crippen LogP) is 4.62. The van der Waals surface area contributed by atoms with Crippen LogP contribution in [0.25, 0.3) is 11.6 Å². The number of halogens is 1. The molecule has 0 radical (unpaired) electrons. The second-order valence-corrected chi connectivity index (χ2v) is 7.29. The SMILES string of the molecule is CCc1cccc2c1N=C/C2=C\c1sc(=O)n(Cc2ccc(F)cc2)c1O. The second kappa shape index (κ2) is 6.96. The van der Waals surface area contributed by atoms with E-state index in [1.54, 1.807) is 24.4 Å². The number of allylic oxidation sites excluding steroid dienone is 1. The standard InChI is InChI=1S/C21H17FN2O2S/c1-2-14-4-3-5-17-15(11-23-19(14)17)10-18-20(25)24(21(26)27-18)12-13-6-8-16(22)9-7-13/h3-11,25H,2,12H2,1H3/b15-10+. The van der Waals surface area contributed by atoms with E-state index in [1.807, 2.05) is 18.2 Å². The molecule has 1 N–H and O–H groups in total. The maximum atomic E-state index is 13.1. The summed E-state index contributed by atoms with van der Waals surface area (Å²) in [6.45, 7) is 2.27. The topological polar surface area (TPSA) is 54.6 Å². The molecule has 0 amide bonds. The van der Waals surface area contributed by atoms with Gasteiger partial charge in [0.05, 0.1) is 17.1 Å². The number of fused-ring (bicyclic) bond motifs is 1. The van der Waals surface area contributed by atoms with Crippen molar-refractivity contribution in [2.75, 3.05) is 0 Å². The number of hydrogen-bond donors (Lipinski definition) is 1. The molecule has 1 aromatic heterocycles. The van der Waals surface area contributed by atoms with Crippen molar-refractivity contribution in [1.82, 2.24) is 4.57 Å². The number of thiazole rings is 1. The fourth-order valence-electron chi connectivity index (χ4n) is 3.14. The maximum Gasteiger partial charge on any atom is 0.310 e. The van der Waals surface area contributed by atoms with Crippen molar-refractivity contribution in [1.29, 1.82) is 0 Å². The maximum absolute atomic E-state index is 13.1. The molecule has 0 bridgehead atoms. The minimum Gasteiger partial charge on any atom is -0.493 e. The van der Waals surface area contributed by atoms with Crippen LogP contribution in [0.2, 0.25) is 0 Å². The number of benzene rings is 2. The number of para-hydroxylation sites is 1. The fourth-order valence-corrected chi connectivity index (χ4v) is 3.98. The average Bonchev–Trinajstić information content (AvgIpc) is 3.20. The third-order valence-corrected chi connectivity index (χ3v) is 5.49. The van der Waals surface area contributed by atoms with Gasteiger partial charge >= 0.3 is 4.87 Å². The first-order valence-corrected chi connectivity index (χ1v) is 9.43. The lowest BCUT2D eigenvalue weighted by Gasteiger charge is -2.05. The van der Waals surface area contributed by atoms with E-state index >= 15 is 0 Å². The van der Waals surface area contributed by atoms with Gasteiger partial charge in [-0.3, -0.25) is 14.4 Å². The van der Waals surface area contributed by atoms with Gasteiger partial charge in [-0.1, -0.05) is 48.6 Å². The smallest absolute Gasteiger partial charge is 0.310 e. The minimum atomic E-state index is -0.336. The molecule has 0 aliphatic carbocycles. The summed E-state index contributed by atoms with van der Waals surface area (Å²) in [5.41, 5.74) is 4.72. The number of hydrogen-bond acceptors (Lipinski definition) is 4. The minimum absolute atomic E-state index is 0.0877. The molecule has 3 aromatic rings. The Hall–Kier alpha value is -2.99. The summed E-state index contributed by atoms with van der Waals surface area (Å²) in [5, 5.41) is 10.5. The van der Waals surface area contributed by atoms with Crippen molar-refractivity contribution in [3.8, 4) is 5.88 Å². The van der Waals surface area contributed by atoms with E-state index in [1.165, 1.54) is 22.3 Å². The molecule has 1 aliphatic rings. The van der Waals surface area contributed by atoms with Crippen molar-refractivity contribution in [3.63, 3.8) is 0 Å². The zero-order valence-electron chi connectivity index (χ0n) is 14.6. The Morgan fingerprint density at radius 2 is 2.00 bits per heavy atom. The molecule has 0 spiro atoms. The molecular weight excluding hydrogens is 363 g/mol. The average molecular weight is 380 g/mol. The van der Waals surface area contributed by atoms with Crippen molar-refractivity contribution in [2.24, 2.45) is 4.99 Å². The highest BCUT2D eigenvalue weighted by Gasteiger charge is 2.18. The quantitative estimate of drug-likeness (QED) is 0.718. The van der Waals surface area contributed by atoms with Gasteiger partial charge in [-0.25, -0.2) is 4.39 Å². The summed E-state index contributed by atoms with van der Waals surface area (Å²) < 4.78 is 14.3. The van der Waals surface area contributed by atoms with E-state index in [9.17, 15) is 14.3 Å². The molecule has 0 atom stereocenters. The van der Waals surface area contributed by atoms with Crippen LogP contribution in [0.1, 0.15) is 28.5 Å². The van der Waals surface area contributed by atoms with Crippen LogP contribution in [0.4, 0.5) is 10.1 Å². The van der Waals surface area contributed by atoms with Crippen LogP contribution in [0.15, 0.2) is 52.3 Å².